The molecule has 0 spiro atoms. The van der Waals surface area contributed by atoms with E-state index in [2.05, 4.69) is 31.9 Å². The van der Waals surface area contributed by atoms with Gasteiger partial charge in [0.1, 0.15) is 6.04 Å². The molecule has 3 aliphatic rings. The first-order chi connectivity index (χ1) is 16.2. The summed E-state index contributed by atoms with van der Waals surface area (Å²) in [6.07, 6.45) is 0.767. The van der Waals surface area contributed by atoms with Crippen molar-refractivity contribution in [3.63, 3.8) is 0 Å². The zero-order valence-electron chi connectivity index (χ0n) is 18.1. The van der Waals surface area contributed by atoms with Gasteiger partial charge in [0.05, 0.1) is 22.4 Å². The largest absolute Gasteiger partial charge is 0.292 e. The highest BCUT2D eigenvalue weighted by atomic mass is 79.9. The van der Waals surface area contributed by atoms with Gasteiger partial charge < -0.3 is 0 Å². The number of amides is 3. The van der Waals surface area contributed by atoms with Crippen molar-refractivity contribution in [3.05, 3.63) is 70.7 Å². The number of nitrogens with zero attached hydrogens (tertiary/aromatic N) is 2. The molecule has 176 valence electrons. The fraction of sp³-hybridized carbons (Fsp3) is 0.360. The summed E-state index contributed by atoms with van der Waals surface area (Å²) in [5, 5.41) is 2.12. The summed E-state index contributed by atoms with van der Waals surface area (Å²) in [6.45, 7) is 1.54. The van der Waals surface area contributed by atoms with Crippen LogP contribution in [0.3, 0.4) is 0 Å². The number of imide groups is 1. The van der Waals surface area contributed by atoms with Crippen molar-refractivity contribution in [2.24, 2.45) is 23.7 Å². The summed E-state index contributed by atoms with van der Waals surface area (Å²) in [7, 11) is 0. The highest BCUT2D eigenvalue weighted by Crippen LogP contribution is 2.60. The second-order valence-electron chi connectivity index (χ2n) is 9.03. The van der Waals surface area contributed by atoms with E-state index in [1.807, 2.05) is 0 Å². The van der Waals surface area contributed by atoms with Crippen LogP contribution in [0.25, 0.3) is 0 Å². The van der Waals surface area contributed by atoms with Crippen LogP contribution < -0.4 is 0 Å². The molecule has 1 heterocycles. The molecule has 2 bridgehead atoms. The maximum atomic E-state index is 13.8. The average Bonchev–Trinajstić information content (AvgIpc) is 3.45. The summed E-state index contributed by atoms with van der Waals surface area (Å²) in [5.74, 6) is -2.97. The van der Waals surface area contributed by atoms with Crippen LogP contribution in [0, 0.1) is 23.7 Å². The van der Waals surface area contributed by atoms with Crippen molar-refractivity contribution in [2.45, 2.75) is 29.0 Å². The number of Topliss-reactive ketones (excluding diaryl/α,β-unsaturated/α-hetero) is 1. The van der Waals surface area contributed by atoms with E-state index in [1.54, 1.807) is 48.5 Å². The lowest BCUT2D eigenvalue weighted by molar-refractivity contribution is -0.157. The summed E-state index contributed by atoms with van der Waals surface area (Å²) >= 11 is 13.7. The number of alkyl halides is 2. The van der Waals surface area contributed by atoms with Gasteiger partial charge in [0.15, 0.2) is 5.78 Å². The lowest BCUT2D eigenvalue weighted by atomic mass is 9.81. The molecule has 1 saturated heterocycles. The first-order valence-corrected chi connectivity index (χ1v) is 13.3. The van der Waals surface area contributed by atoms with Crippen LogP contribution in [-0.4, -0.2) is 49.2 Å². The smallest absolute Gasteiger partial charge is 0.275 e. The van der Waals surface area contributed by atoms with E-state index in [0.717, 1.165) is 16.4 Å². The first-order valence-electron chi connectivity index (χ1n) is 11.1. The Labute approximate surface area is 218 Å². The number of fused-ring (bicyclic) bond motifs is 5. The summed E-state index contributed by atoms with van der Waals surface area (Å²) < 4.78 is 0. The number of carbonyl (C=O) groups excluding carboxylic acids is 4. The lowest BCUT2D eigenvalue weighted by Gasteiger charge is -2.35. The Bertz CT molecular complexity index is 1160. The van der Waals surface area contributed by atoms with Crippen LogP contribution in [-0.2, 0) is 9.59 Å². The Hall–Kier alpha value is -2.03. The van der Waals surface area contributed by atoms with Gasteiger partial charge >= 0.3 is 0 Å². The highest BCUT2D eigenvalue weighted by molar-refractivity contribution is 9.12. The first kappa shape index (κ1) is 23.7. The van der Waals surface area contributed by atoms with Crippen molar-refractivity contribution < 1.29 is 19.2 Å². The maximum absolute atomic E-state index is 13.8. The van der Waals surface area contributed by atoms with E-state index in [0.29, 0.717) is 5.56 Å². The molecule has 2 aromatic carbocycles. The van der Waals surface area contributed by atoms with Gasteiger partial charge in [-0.1, -0.05) is 85.9 Å². The van der Waals surface area contributed by atoms with Crippen molar-refractivity contribution in [3.8, 4) is 0 Å². The van der Waals surface area contributed by atoms with Gasteiger partial charge in [0.25, 0.3) is 17.7 Å². The predicted octanol–water partition coefficient (Wildman–Crippen LogP) is 4.75. The molecule has 2 saturated carbocycles. The van der Waals surface area contributed by atoms with Crippen LogP contribution in [0.4, 0.5) is 0 Å². The van der Waals surface area contributed by atoms with Crippen LogP contribution in [0.5, 0.6) is 0 Å². The molecule has 2 aliphatic carbocycles. The van der Waals surface area contributed by atoms with E-state index in [9.17, 15) is 19.2 Å². The van der Waals surface area contributed by atoms with Gasteiger partial charge in [0.2, 0.25) is 0 Å². The minimum absolute atomic E-state index is 0.0155. The third-order valence-corrected chi connectivity index (χ3v) is 10.8. The quantitative estimate of drug-likeness (QED) is 0.279. The molecule has 0 N–H and O–H groups in total. The molecular formula is C25H21Br2ClN2O4. The van der Waals surface area contributed by atoms with Crippen molar-refractivity contribution in [1.82, 2.24) is 10.0 Å². The van der Waals surface area contributed by atoms with Crippen LogP contribution in [0.2, 0.25) is 5.02 Å². The molecule has 3 fully saturated rings. The van der Waals surface area contributed by atoms with Crippen molar-refractivity contribution in [2.75, 3.05) is 0 Å². The van der Waals surface area contributed by atoms with Crippen LogP contribution in [0.15, 0.2) is 54.6 Å². The molecule has 34 heavy (non-hydrogen) atoms. The number of hydrazine groups is 1. The molecule has 2 aromatic rings. The SMILES string of the molecule is C[C@H](C(=O)c1ccccc1)N(C(=O)c1ccccc1Cl)N1C(=O)[C@@H]2[C@H]3C[C@@H]([C@H](Br)[C@H]3Br)[C@@H]2C1=O. The number of hydrogen-bond donors (Lipinski definition) is 0. The van der Waals surface area contributed by atoms with Gasteiger partial charge in [-0.2, -0.15) is 5.01 Å². The van der Waals surface area contributed by atoms with E-state index >= 15 is 0 Å². The molecule has 6 nitrogen and oxygen atoms in total. The number of ketones is 1. The molecule has 0 aromatic heterocycles. The number of carbonyl (C=O) groups is 4. The molecule has 3 amide bonds. The molecule has 1 aliphatic heterocycles. The summed E-state index contributed by atoms with van der Waals surface area (Å²) in [5.41, 5.74) is 0.501. The molecule has 0 radical (unpaired) electrons. The Balaban J connectivity index is 1.57. The zero-order valence-corrected chi connectivity index (χ0v) is 22.0. The minimum atomic E-state index is -1.10. The van der Waals surface area contributed by atoms with E-state index in [1.165, 1.54) is 13.0 Å². The Morgan fingerprint density at radius 3 is 2.03 bits per heavy atom. The van der Waals surface area contributed by atoms with Gasteiger partial charge in [-0.3, -0.25) is 19.2 Å². The molecule has 5 rings (SSSR count). The van der Waals surface area contributed by atoms with Gasteiger partial charge in [0, 0.05) is 15.2 Å². The van der Waals surface area contributed by atoms with E-state index < -0.39 is 35.6 Å². The number of benzene rings is 2. The summed E-state index contributed by atoms with van der Waals surface area (Å²) in [6, 6.07) is 13.8. The third-order valence-electron chi connectivity index (χ3n) is 7.30. The van der Waals surface area contributed by atoms with Gasteiger partial charge in [-0.05, 0) is 37.3 Å². The molecule has 0 unspecified atom stereocenters. The molecule has 7 atom stereocenters. The maximum Gasteiger partial charge on any atom is 0.275 e. The topological polar surface area (TPSA) is 74.8 Å². The minimum Gasteiger partial charge on any atom is -0.292 e. The lowest BCUT2D eigenvalue weighted by Crippen LogP contribution is -2.57. The van der Waals surface area contributed by atoms with E-state index in [-0.39, 0.29) is 37.9 Å². The highest BCUT2D eigenvalue weighted by Gasteiger charge is 2.68. The van der Waals surface area contributed by atoms with Crippen molar-refractivity contribution in [1.29, 1.82) is 0 Å². The molecular weight excluding hydrogens is 588 g/mol. The van der Waals surface area contributed by atoms with Gasteiger partial charge in [-0.15, -0.1) is 0 Å². The second-order valence-corrected chi connectivity index (χ2v) is 11.5. The number of rotatable bonds is 5. The Morgan fingerprint density at radius 2 is 1.47 bits per heavy atom. The van der Waals surface area contributed by atoms with E-state index in [4.69, 9.17) is 11.6 Å². The number of halogens is 3. The predicted molar refractivity (Wildman–Crippen MR) is 134 cm³/mol. The third kappa shape index (κ3) is 3.48. The monoisotopic (exact) mass is 606 g/mol. The van der Waals surface area contributed by atoms with Gasteiger partial charge in [-0.25, -0.2) is 5.01 Å². The summed E-state index contributed by atoms with van der Waals surface area (Å²) in [4.78, 5) is 54.7. The Morgan fingerprint density at radius 1 is 0.941 bits per heavy atom. The number of hydrogen-bond acceptors (Lipinski definition) is 4. The average molecular weight is 609 g/mol. The Kier molecular flexibility index (Phi) is 6.19. The fourth-order valence-corrected chi connectivity index (χ4v) is 7.79. The normalized spacial score (nSPS) is 30.4. The van der Waals surface area contributed by atoms with Crippen LogP contribution >= 0.6 is 43.5 Å². The van der Waals surface area contributed by atoms with Crippen molar-refractivity contribution >= 4 is 67.0 Å². The second kappa shape index (κ2) is 8.88. The zero-order chi connectivity index (χ0) is 24.3. The van der Waals surface area contributed by atoms with Crippen LogP contribution in [0.1, 0.15) is 34.1 Å². The standard InChI is InChI=1S/C25H21Br2ClN2O4/c1-12(22(31)13-7-3-2-4-8-13)29(23(32)14-9-5-6-10-17(14)28)30-24(33)18-15-11-16(19(18)25(30)34)21(27)20(15)26/h2-10,12,15-16,18-21H,11H2,1H3/t12-,15-,16-,18-,19+,20+,21+/m1/s1. The fourth-order valence-electron chi connectivity index (χ4n) is 5.70. The molecule has 9 heteroatoms.